The minimum Gasteiger partial charge on any atom is -0.462 e. The second-order valence-corrected chi connectivity index (χ2v) is 4.77. The summed E-state index contributed by atoms with van der Waals surface area (Å²) in [6.45, 7) is 2.98. The average Bonchev–Trinajstić information content (AvgIpc) is 2.97. The maximum atomic E-state index is 8.80. The fourth-order valence-corrected chi connectivity index (χ4v) is 2.26. The van der Waals surface area contributed by atoms with Crippen LogP contribution in [0.1, 0.15) is 19.0 Å². The van der Waals surface area contributed by atoms with Gasteiger partial charge < -0.3 is 14.8 Å². The van der Waals surface area contributed by atoms with Gasteiger partial charge in [0.2, 0.25) is 0 Å². The van der Waals surface area contributed by atoms with Gasteiger partial charge in [-0.3, -0.25) is 0 Å². The second-order valence-electron chi connectivity index (χ2n) is 3.92. The lowest BCUT2D eigenvalue weighted by Crippen LogP contribution is -2.26. The zero-order valence-electron chi connectivity index (χ0n) is 9.72. The predicted molar refractivity (Wildman–Crippen MR) is 67.8 cm³/mol. The molecule has 17 heavy (non-hydrogen) atoms. The Morgan fingerprint density at radius 1 is 1.59 bits per heavy atom. The Morgan fingerprint density at radius 3 is 3.18 bits per heavy atom. The standard InChI is InChI=1S/C12H16N2O2S/c1-9(4-5-15)13-7-10-8-17-12(14-10)11-3-2-6-16-11/h2-3,6,8-9,13,15H,4-5,7H2,1H3. The van der Waals surface area contributed by atoms with Crippen molar-refractivity contribution in [1.29, 1.82) is 0 Å². The van der Waals surface area contributed by atoms with Crippen LogP contribution >= 0.6 is 11.3 Å². The van der Waals surface area contributed by atoms with Crippen LogP contribution in [-0.2, 0) is 6.54 Å². The molecule has 0 amide bonds. The number of nitrogens with one attached hydrogen (secondary N) is 1. The van der Waals surface area contributed by atoms with Gasteiger partial charge in [0, 0.05) is 24.6 Å². The topological polar surface area (TPSA) is 58.3 Å². The van der Waals surface area contributed by atoms with Crippen molar-refractivity contribution in [2.24, 2.45) is 0 Å². The number of aliphatic hydroxyl groups is 1. The lowest BCUT2D eigenvalue weighted by molar-refractivity contribution is 0.268. The van der Waals surface area contributed by atoms with Crippen LogP contribution in [0, 0.1) is 0 Å². The molecule has 0 saturated heterocycles. The van der Waals surface area contributed by atoms with Crippen LogP contribution < -0.4 is 5.32 Å². The average molecular weight is 252 g/mol. The molecule has 0 radical (unpaired) electrons. The number of thiazole rings is 1. The van der Waals surface area contributed by atoms with Crippen LogP contribution in [0.4, 0.5) is 0 Å². The lowest BCUT2D eigenvalue weighted by Gasteiger charge is -2.10. The number of aromatic nitrogens is 1. The third-order valence-electron chi connectivity index (χ3n) is 2.48. The SMILES string of the molecule is CC(CCO)NCc1csc(-c2ccco2)n1. The van der Waals surface area contributed by atoms with Gasteiger partial charge in [-0.25, -0.2) is 4.98 Å². The van der Waals surface area contributed by atoms with Crippen molar-refractivity contribution >= 4 is 11.3 Å². The third kappa shape index (κ3) is 3.39. The number of hydrogen-bond acceptors (Lipinski definition) is 5. The van der Waals surface area contributed by atoms with E-state index in [0.29, 0.717) is 6.04 Å². The molecule has 0 fully saturated rings. The van der Waals surface area contributed by atoms with Crippen LogP contribution in [0.2, 0.25) is 0 Å². The first-order valence-corrected chi connectivity index (χ1v) is 6.50. The maximum Gasteiger partial charge on any atom is 0.162 e. The second kappa shape index (κ2) is 5.95. The number of hydrogen-bond donors (Lipinski definition) is 2. The van der Waals surface area contributed by atoms with Crippen molar-refractivity contribution < 1.29 is 9.52 Å². The van der Waals surface area contributed by atoms with Crippen molar-refractivity contribution in [3.05, 3.63) is 29.5 Å². The van der Waals surface area contributed by atoms with E-state index in [1.165, 1.54) is 0 Å². The molecular formula is C12H16N2O2S. The van der Waals surface area contributed by atoms with E-state index < -0.39 is 0 Å². The van der Waals surface area contributed by atoms with Gasteiger partial charge in [-0.2, -0.15) is 0 Å². The zero-order chi connectivity index (χ0) is 12.1. The fraction of sp³-hybridized carbons (Fsp3) is 0.417. The van der Waals surface area contributed by atoms with Crippen molar-refractivity contribution in [3.8, 4) is 10.8 Å². The molecule has 0 aliphatic rings. The van der Waals surface area contributed by atoms with Crippen LogP contribution in [-0.4, -0.2) is 22.7 Å². The largest absolute Gasteiger partial charge is 0.462 e. The van der Waals surface area contributed by atoms with Crippen molar-refractivity contribution in [2.45, 2.75) is 25.9 Å². The number of furan rings is 1. The van der Waals surface area contributed by atoms with E-state index in [1.807, 2.05) is 17.5 Å². The van der Waals surface area contributed by atoms with Crippen LogP contribution in [0.5, 0.6) is 0 Å². The van der Waals surface area contributed by atoms with Gasteiger partial charge in [0.15, 0.2) is 10.8 Å². The highest BCUT2D eigenvalue weighted by Gasteiger charge is 2.07. The molecule has 1 unspecified atom stereocenters. The van der Waals surface area contributed by atoms with Gasteiger partial charge in [-0.15, -0.1) is 11.3 Å². The number of aliphatic hydroxyl groups excluding tert-OH is 1. The predicted octanol–water partition coefficient (Wildman–Crippen LogP) is 2.26. The summed E-state index contributed by atoms with van der Waals surface area (Å²) in [6, 6.07) is 4.07. The molecule has 1 atom stereocenters. The Bertz CT molecular complexity index is 439. The Balaban J connectivity index is 1.91. The summed E-state index contributed by atoms with van der Waals surface area (Å²) >= 11 is 1.58. The Labute approximate surface area is 104 Å². The van der Waals surface area contributed by atoms with Gasteiger partial charge in [-0.1, -0.05) is 0 Å². The van der Waals surface area contributed by atoms with Gasteiger partial charge in [-0.05, 0) is 25.5 Å². The summed E-state index contributed by atoms with van der Waals surface area (Å²) in [5, 5.41) is 15.0. The maximum absolute atomic E-state index is 8.80. The fourth-order valence-electron chi connectivity index (χ4n) is 1.48. The minimum atomic E-state index is 0.211. The highest BCUT2D eigenvalue weighted by molar-refractivity contribution is 7.13. The number of rotatable bonds is 6. The molecule has 0 bridgehead atoms. The van der Waals surface area contributed by atoms with Crippen LogP contribution in [0.3, 0.4) is 0 Å². The van der Waals surface area contributed by atoms with Gasteiger partial charge >= 0.3 is 0 Å². The van der Waals surface area contributed by atoms with Gasteiger partial charge in [0.1, 0.15) is 0 Å². The molecule has 2 N–H and O–H groups in total. The molecule has 0 saturated carbocycles. The monoisotopic (exact) mass is 252 g/mol. The van der Waals surface area contributed by atoms with Crippen LogP contribution in [0.25, 0.3) is 10.8 Å². The van der Waals surface area contributed by atoms with E-state index in [2.05, 4.69) is 17.2 Å². The van der Waals surface area contributed by atoms with Crippen molar-refractivity contribution in [3.63, 3.8) is 0 Å². The summed E-state index contributed by atoms with van der Waals surface area (Å²) in [4.78, 5) is 4.48. The van der Waals surface area contributed by atoms with E-state index in [-0.39, 0.29) is 6.61 Å². The van der Waals surface area contributed by atoms with Crippen molar-refractivity contribution in [2.75, 3.05) is 6.61 Å². The highest BCUT2D eigenvalue weighted by Crippen LogP contribution is 2.23. The van der Waals surface area contributed by atoms with E-state index in [0.717, 1.165) is 29.4 Å². The quantitative estimate of drug-likeness (QED) is 0.828. The summed E-state index contributed by atoms with van der Waals surface area (Å²) in [7, 11) is 0. The van der Waals surface area contributed by atoms with Crippen molar-refractivity contribution in [1.82, 2.24) is 10.3 Å². The smallest absolute Gasteiger partial charge is 0.162 e. The Hall–Kier alpha value is -1.17. The van der Waals surface area contributed by atoms with E-state index in [4.69, 9.17) is 9.52 Å². The van der Waals surface area contributed by atoms with Gasteiger partial charge in [0.25, 0.3) is 0 Å². The number of nitrogens with zero attached hydrogens (tertiary/aromatic N) is 1. The molecule has 0 aliphatic heterocycles. The summed E-state index contributed by atoms with van der Waals surface area (Å²) < 4.78 is 5.29. The Morgan fingerprint density at radius 2 is 2.47 bits per heavy atom. The molecule has 0 aromatic carbocycles. The molecule has 2 rings (SSSR count). The summed E-state index contributed by atoms with van der Waals surface area (Å²) in [5.74, 6) is 0.810. The molecule has 92 valence electrons. The molecular weight excluding hydrogens is 236 g/mol. The molecule has 2 heterocycles. The summed E-state index contributed by atoms with van der Waals surface area (Å²) in [5.41, 5.74) is 1.01. The van der Waals surface area contributed by atoms with E-state index >= 15 is 0 Å². The first kappa shape index (κ1) is 12.3. The third-order valence-corrected chi connectivity index (χ3v) is 3.38. The first-order chi connectivity index (χ1) is 8.29. The highest BCUT2D eigenvalue weighted by atomic mass is 32.1. The molecule has 0 spiro atoms. The lowest BCUT2D eigenvalue weighted by atomic mass is 10.2. The first-order valence-electron chi connectivity index (χ1n) is 5.62. The molecule has 5 heteroatoms. The van der Waals surface area contributed by atoms with Crippen LogP contribution in [0.15, 0.2) is 28.2 Å². The van der Waals surface area contributed by atoms with E-state index in [9.17, 15) is 0 Å². The van der Waals surface area contributed by atoms with E-state index in [1.54, 1.807) is 17.6 Å². The molecule has 0 aliphatic carbocycles. The van der Waals surface area contributed by atoms with Gasteiger partial charge in [0.05, 0.1) is 12.0 Å². The zero-order valence-corrected chi connectivity index (χ0v) is 10.5. The minimum absolute atomic E-state index is 0.211. The molecule has 4 nitrogen and oxygen atoms in total. The molecule has 2 aromatic heterocycles. The summed E-state index contributed by atoms with van der Waals surface area (Å²) in [6.07, 6.45) is 2.41. The molecule has 2 aromatic rings. The normalized spacial score (nSPS) is 12.8. The Kier molecular flexibility index (Phi) is 4.30.